The van der Waals surface area contributed by atoms with Crippen molar-refractivity contribution >= 4 is 22.6 Å². The van der Waals surface area contributed by atoms with Crippen LogP contribution < -0.4 is 10.1 Å². The normalized spacial score (nSPS) is 18.7. The molecular weight excluding hydrogens is 378 g/mol. The number of hydrogen-bond acceptors (Lipinski definition) is 4. The zero-order valence-corrected chi connectivity index (χ0v) is 17.1. The van der Waals surface area contributed by atoms with Crippen LogP contribution in [-0.2, 0) is 6.54 Å². The Morgan fingerprint density at radius 3 is 2.70 bits per heavy atom. The molecule has 2 amide bonds. The van der Waals surface area contributed by atoms with Crippen LogP contribution in [0.5, 0.6) is 5.75 Å². The molecule has 4 rings (SSSR count). The topological polar surface area (TPSA) is 74.7 Å². The average molecular weight is 405 g/mol. The maximum absolute atomic E-state index is 13.4. The standard InChI is InChI=1S/C24H27N3O3/c1-30-21-8-2-5-17(15-21)16-27(19-10-12-20(28)13-11-19)24(29)26-22-9-3-6-18-7-4-14-25-23(18)22/h2-9,14-15,19-20,28H,10-13,16H2,1H3,(H,26,29). The Labute approximate surface area is 176 Å². The van der Waals surface area contributed by atoms with E-state index in [0.29, 0.717) is 25.1 Å². The van der Waals surface area contributed by atoms with E-state index in [1.165, 1.54) is 0 Å². The smallest absolute Gasteiger partial charge is 0.322 e. The molecule has 156 valence electrons. The van der Waals surface area contributed by atoms with Gasteiger partial charge in [0.25, 0.3) is 0 Å². The number of methoxy groups -OCH3 is 1. The summed E-state index contributed by atoms with van der Waals surface area (Å²) in [5.74, 6) is 0.769. The molecule has 0 bridgehead atoms. The molecule has 1 aliphatic rings. The third-order valence-corrected chi connectivity index (χ3v) is 5.73. The molecule has 30 heavy (non-hydrogen) atoms. The highest BCUT2D eigenvalue weighted by atomic mass is 16.5. The molecule has 0 spiro atoms. The highest BCUT2D eigenvalue weighted by Gasteiger charge is 2.28. The van der Waals surface area contributed by atoms with Crippen LogP contribution in [0.15, 0.2) is 60.8 Å². The van der Waals surface area contributed by atoms with E-state index in [4.69, 9.17) is 4.74 Å². The van der Waals surface area contributed by atoms with Crippen molar-refractivity contribution in [1.29, 1.82) is 0 Å². The molecule has 0 atom stereocenters. The number of benzene rings is 2. The summed E-state index contributed by atoms with van der Waals surface area (Å²) in [6.07, 6.45) is 4.45. The number of carbonyl (C=O) groups is 1. The molecular formula is C24H27N3O3. The number of para-hydroxylation sites is 1. The quantitative estimate of drug-likeness (QED) is 0.652. The van der Waals surface area contributed by atoms with Crippen molar-refractivity contribution in [1.82, 2.24) is 9.88 Å². The number of anilines is 1. The fraction of sp³-hybridized carbons (Fsp3) is 0.333. The second-order valence-electron chi connectivity index (χ2n) is 7.75. The first-order valence-corrected chi connectivity index (χ1v) is 10.4. The predicted molar refractivity (Wildman–Crippen MR) is 118 cm³/mol. The Morgan fingerprint density at radius 1 is 1.13 bits per heavy atom. The Kier molecular flexibility index (Phi) is 6.14. The minimum atomic E-state index is -0.273. The summed E-state index contributed by atoms with van der Waals surface area (Å²) >= 11 is 0. The monoisotopic (exact) mass is 405 g/mol. The SMILES string of the molecule is COc1cccc(CN(C(=O)Nc2cccc3cccnc23)C2CCC(O)CC2)c1. The number of amides is 2. The Morgan fingerprint density at radius 2 is 1.90 bits per heavy atom. The molecule has 0 unspecified atom stereocenters. The van der Waals surface area contributed by atoms with Crippen molar-refractivity contribution in [2.75, 3.05) is 12.4 Å². The highest BCUT2D eigenvalue weighted by molar-refractivity contribution is 5.99. The number of fused-ring (bicyclic) bond motifs is 1. The minimum Gasteiger partial charge on any atom is -0.497 e. The molecule has 1 heterocycles. The Bertz CT molecular complexity index is 1010. The molecule has 2 N–H and O–H groups in total. The summed E-state index contributed by atoms with van der Waals surface area (Å²) in [5, 5.41) is 14.0. The number of nitrogens with zero attached hydrogens (tertiary/aromatic N) is 2. The maximum Gasteiger partial charge on any atom is 0.322 e. The lowest BCUT2D eigenvalue weighted by atomic mass is 9.92. The van der Waals surface area contributed by atoms with E-state index in [-0.39, 0.29) is 18.2 Å². The first-order valence-electron chi connectivity index (χ1n) is 10.4. The van der Waals surface area contributed by atoms with Crippen molar-refractivity contribution in [3.63, 3.8) is 0 Å². The van der Waals surface area contributed by atoms with E-state index >= 15 is 0 Å². The van der Waals surface area contributed by atoms with Crippen molar-refractivity contribution in [2.45, 2.75) is 44.4 Å². The molecule has 3 aromatic rings. The van der Waals surface area contributed by atoms with E-state index in [9.17, 15) is 9.90 Å². The summed E-state index contributed by atoms with van der Waals surface area (Å²) in [7, 11) is 1.64. The van der Waals surface area contributed by atoms with Gasteiger partial charge in [-0.2, -0.15) is 0 Å². The van der Waals surface area contributed by atoms with E-state index < -0.39 is 0 Å². The van der Waals surface area contributed by atoms with Gasteiger partial charge >= 0.3 is 6.03 Å². The fourth-order valence-electron chi connectivity index (χ4n) is 4.10. The van der Waals surface area contributed by atoms with Crippen molar-refractivity contribution < 1.29 is 14.6 Å². The van der Waals surface area contributed by atoms with Crippen molar-refractivity contribution in [3.8, 4) is 5.75 Å². The van der Waals surface area contributed by atoms with Gasteiger partial charge in [0.1, 0.15) is 5.75 Å². The lowest BCUT2D eigenvalue weighted by Crippen LogP contribution is -2.44. The van der Waals surface area contributed by atoms with Gasteiger partial charge in [0.15, 0.2) is 0 Å². The van der Waals surface area contributed by atoms with E-state index in [0.717, 1.165) is 35.1 Å². The van der Waals surface area contributed by atoms with Gasteiger partial charge in [-0.05, 0) is 55.5 Å². The molecule has 2 aromatic carbocycles. The second-order valence-corrected chi connectivity index (χ2v) is 7.75. The van der Waals surface area contributed by atoms with Gasteiger partial charge in [-0.15, -0.1) is 0 Å². The third kappa shape index (κ3) is 4.54. The van der Waals surface area contributed by atoms with E-state index in [2.05, 4.69) is 10.3 Å². The van der Waals surface area contributed by atoms with Gasteiger partial charge in [0, 0.05) is 24.2 Å². The van der Waals surface area contributed by atoms with Gasteiger partial charge in [-0.1, -0.05) is 30.3 Å². The zero-order chi connectivity index (χ0) is 20.9. The third-order valence-electron chi connectivity index (χ3n) is 5.73. The predicted octanol–water partition coefficient (Wildman–Crippen LogP) is 4.58. The second kappa shape index (κ2) is 9.13. The molecule has 0 saturated heterocycles. The van der Waals surface area contributed by atoms with Gasteiger partial charge in [-0.25, -0.2) is 4.79 Å². The van der Waals surface area contributed by atoms with Crippen LogP contribution in [0.25, 0.3) is 10.9 Å². The Balaban J connectivity index is 1.59. The first-order chi connectivity index (χ1) is 14.6. The van der Waals surface area contributed by atoms with Crippen LogP contribution >= 0.6 is 0 Å². The van der Waals surface area contributed by atoms with Gasteiger partial charge in [0.05, 0.1) is 24.4 Å². The largest absolute Gasteiger partial charge is 0.497 e. The molecule has 6 nitrogen and oxygen atoms in total. The molecule has 0 aliphatic heterocycles. The molecule has 1 aliphatic carbocycles. The summed E-state index contributed by atoms with van der Waals surface area (Å²) in [5.41, 5.74) is 2.48. The number of aliphatic hydroxyl groups excluding tert-OH is 1. The number of nitrogens with one attached hydrogen (secondary N) is 1. The zero-order valence-electron chi connectivity index (χ0n) is 17.1. The minimum absolute atomic E-state index is 0.0718. The molecule has 6 heteroatoms. The molecule has 1 saturated carbocycles. The Hall–Kier alpha value is -3.12. The van der Waals surface area contributed by atoms with E-state index in [1.54, 1.807) is 13.3 Å². The number of pyridine rings is 1. The number of aliphatic hydroxyl groups is 1. The van der Waals surface area contributed by atoms with Crippen molar-refractivity contribution in [2.24, 2.45) is 0 Å². The van der Waals surface area contributed by atoms with Crippen molar-refractivity contribution in [3.05, 3.63) is 66.4 Å². The summed E-state index contributed by atoms with van der Waals surface area (Å²) in [6.45, 7) is 0.474. The highest BCUT2D eigenvalue weighted by Crippen LogP contribution is 2.27. The van der Waals surface area contributed by atoms with Gasteiger partial charge < -0.3 is 20.1 Å². The maximum atomic E-state index is 13.4. The van der Waals surface area contributed by atoms with Gasteiger partial charge in [-0.3, -0.25) is 4.98 Å². The lowest BCUT2D eigenvalue weighted by molar-refractivity contribution is 0.0849. The fourth-order valence-corrected chi connectivity index (χ4v) is 4.10. The lowest BCUT2D eigenvalue weighted by Gasteiger charge is -2.36. The summed E-state index contributed by atoms with van der Waals surface area (Å²) in [6, 6.07) is 17.3. The molecule has 1 fully saturated rings. The van der Waals surface area contributed by atoms with Crippen LogP contribution in [0.1, 0.15) is 31.2 Å². The summed E-state index contributed by atoms with van der Waals surface area (Å²) in [4.78, 5) is 19.7. The van der Waals surface area contributed by atoms with Crippen LogP contribution in [0.3, 0.4) is 0 Å². The number of rotatable bonds is 5. The van der Waals surface area contributed by atoms with Crippen LogP contribution in [0.2, 0.25) is 0 Å². The molecule has 0 radical (unpaired) electrons. The summed E-state index contributed by atoms with van der Waals surface area (Å²) < 4.78 is 5.34. The number of aromatic nitrogens is 1. The van der Waals surface area contributed by atoms with Crippen LogP contribution in [0.4, 0.5) is 10.5 Å². The number of urea groups is 1. The number of ether oxygens (including phenoxy) is 1. The first kappa shape index (κ1) is 20.2. The number of carbonyl (C=O) groups excluding carboxylic acids is 1. The van der Waals surface area contributed by atoms with Crippen LogP contribution in [-0.4, -0.2) is 40.3 Å². The van der Waals surface area contributed by atoms with Gasteiger partial charge in [0.2, 0.25) is 0 Å². The van der Waals surface area contributed by atoms with E-state index in [1.807, 2.05) is 59.5 Å². The van der Waals surface area contributed by atoms with Crippen LogP contribution in [0, 0.1) is 0 Å². The average Bonchev–Trinajstić information content (AvgIpc) is 2.78. The molecule has 1 aromatic heterocycles. The number of hydrogen-bond donors (Lipinski definition) is 2.